The van der Waals surface area contributed by atoms with E-state index in [1.165, 1.54) is 32.1 Å². The maximum atomic E-state index is 5.48. The predicted molar refractivity (Wildman–Crippen MR) is 50.8 cm³/mol. The van der Waals surface area contributed by atoms with Gasteiger partial charge in [0.05, 0.1) is 6.10 Å². The summed E-state index contributed by atoms with van der Waals surface area (Å²) in [6, 6.07) is 0.618. The molecule has 1 rings (SSSR count). The molecular formula is C10H21NO. The van der Waals surface area contributed by atoms with E-state index in [0.29, 0.717) is 12.1 Å². The van der Waals surface area contributed by atoms with Crippen LogP contribution in [-0.2, 0) is 4.84 Å². The number of hydroxylamine groups is 1. The number of nitrogens with one attached hydrogen (secondary N) is 1. The van der Waals surface area contributed by atoms with E-state index in [9.17, 15) is 0 Å². The zero-order valence-electron chi connectivity index (χ0n) is 8.31. The fraction of sp³-hybridized carbons (Fsp3) is 1.00. The second kappa shape index (κ2) is 5.55. The molecule has 0 aliphatic heterocycles. The molecule has 1 aliphatic carbocycles. The summed E-state index contributed by atoms with van der Waals surface area (Å²) in [6.45, 7) is 4.25. The average molecular weight is 171 g/mol. The van der Waals surface area contributed by atoms with E-state index in [2.05, 4.69) is 19.3 Å². The van der Waals surface area contributed by atoms with E-state index < -0.39 is 0 Å². The molecule has 1 unspecified atom stereocenters. The molecule has 0 spiro atoms. The second-order valence-corrected chi connectivity index (χ2v) is 3.79. The molecule has 1 N–H and O–H groups in total. The highest BCUT2D eigenvalue weighted by molar-refractivity contribution is 4.68. The predicted octanol–water partition coefficient (Wildman–Crippen LogP) is 2.64. The molecule has 12 heavy (non-hydrogen) atoms. The Balaban J connectivity index is 2.05. The number of hydrogen-bond acceptors (Lipinski definition) is 2. The van der Waals surface area contributed by atoms with Crippen molar-refractivity contribution in [3.8, 4) is 0 Å². The Morgan fingerprint density at radius 1 is 1.33 bits per heavy atom. The van der Waals surface area contributed by atoms with Crippen molar-refractivity contribution in [1.82, 2.24) is 5.48 Å². The van der Waals surface area contributed by atoms with Crippen LogP contribution in [0.15, 0.2) is 0 Å². The Bertz CT molecular complexity index is 110. The van der Waals surface area contributed by atoms with Crippen molar-refractivity contribution in [2.45, 2.75) is 64.5 Å². The third-order valence-electron chi connectivity index (χ3n) is 2.62. The van der Waals surface area contributed by atoms with Gasteiger partial charge >= 0.3 is 0 Å². The van der Waals surface area contributed by atoms with E-state index in [-0.39, 0.29) is 0 Å². The zero-order valence-corrected chi connectivity index (χ0v) is 8.31. The molecule has 2 heteroatoms. The SMILES string of the molecule is CCC(C)ONC1CCCCC1. The first-order valence-corrected chi connectivity index (χ1v) is 5.24. The van der Waals surface area contributed by atoms with Gasteiger partial charge in [0.25, 0.3) is 0 Å². The first-order chi connectivity index (χ1) is 5.83. The summed E-state index contributed by atoms with van der Waals surface area (Å²) in [5.74, 6) is 0. The van der Waals surface area contributed by atoms with Gasteiger partial charge in [0, 0.05) is 6.04 Å². The monoisotopic (exact) mass is 171 g/mol. The quantitative estimate of drug-likeness (QED) is 0.656. The van der Waals surface area contributed by atoms with Gasteiger partial charge in [-0.05, 0) is 26.2 Å². The lowest BCUT2D eigenvalue weighted by molar-refractivity contribution is -0.0423. The molecule has 1 fully saturated rings. The lowest BCUT2D eigenvalue weighted by Gasteiger charge is -2.23. The van der Waals surface area contributed by atoms with Crippen molar-refractivity contribution in [2.24, 2.45) is 0 Å². The van der Waals surface area contributed by atoms with Crippen LogP contribution in [0.3, 0.4) is 0 Å². The molecule has 0 saturated heterocycles. The minimum atomic E-state index is 0.354. The lowest BCUT2D eigenvalue weighted by atomic mass is 9.96. The molecular weight excluding hydrogens is 150 g/mol. The third-order valence-corrected chi connectivity index (χ3v) is 2.62. The van der Waals surface area contributed by atoms with Gasteiger partial charge in [-0.25, -0.2) is 0 Å². The van der Waals surface area contributed by atoms with Gasteiger partial charge < -0.3 is 0 Å². The Kier molecular flexibility index (Phi) is 4.62. The summed E-state index contributed by atoms with van der Waals surface area (Å²) in [5.41, 5.74) is 3.17. The Morgan fingerprint density at radius 2 is 2.00 bits per heavy atom. The summed E-state index contributed by atoms with van der Waals surface area (Å²) in [5, 5.41) is 0. The van der Waals surface area contributed by atoms with Crippen molar-refractivity contribution in [1.29, 1.82) is 0 Å². The molecule has 0 aromatic rings. The molecule has 0 heterocycles. The van der Waals surface area contributed by atoms with E-state index in [0.717, 1.165) is 6.42 Å². The van der Waals surface area contributed by atoms with Crippen LogP contribution in [0.1, 0.15) is 52.4 Å². The van der Waals surface area contributed by atoms with Crippen LogP contribution in [0.5, 0.6) is 0 Å². The van der Waals surface area contributed by atoms with Gasteiger partial charge in [-0.15, -0.1) is 0 Å². The molecule has 0 aromatic carbocycles. The zero-order chi connectivity index (χ0) is 8.81. The molecule has 0 amide bonds. The Labute approximate surface area is 75.6 Å². The van der Waals surface area contributed by atoms with Crippen molar-refractivity contribution in [2.75, 3.05) is 0 Å². The Morgan fingerprint density at radius 3 is 2.58 bits per heavy atom. The van der Waals surface area contributed by atoms with E-state index in [4.69, 9.17) is 4.84 Å². The molecule has 1 atom stereocenters. The topological polar surface area (TPSA) is 21.3 Å². The molecule has 1 saturated carbocycles. The van der Waals surface area contributed by atoms with Crippen LogP contribution >= 0.6 is 0 Å². The molecule has 0 bridgehead atoms. The first-order valence-electron chi connectivity index (χ1n) is 5.24. The average Bonchev–Trinajstić information content (AvgIpc) is 2.16. The van der Waals surface area contributed by atoms with Gasteiger partial charge in [0.15, 0.2) is 0 Å². The fourth-order valence-electron chi connectivity index (χ4n) is 1.52. The van der Waals surface area contributed by atoms with Crippen LogP contribution in [0.2, 0.25) is 0 Å². The fourth-order valence-corrected chi connectivity index (χ4v) is 1.52. The highest BCUT2D eigenvalue weighted by Gasteiger charge is 2.13. The minimum Gasteiger partial charge on any atom is -0.299 e. The molecule has 0 radical (unpaired) electrons. The van der Waals surface area contributed by atoms with Crippen molar-refractivity contribution in [3.63, 3.8) is 0 Å². The third kappa shape index (κ3) is 3.55. The van der Waals surface area contributed by atoms with Gasteiger partial charge in [0.1, 0.15) is 0 Å². The molecule has 2 nitrogen and oxygen atoms in total. The molecule has 72 valence electrons. The Hall–Kier alpha value is -0.0800. The summed E-state index contributed by atoms with van der Waals surface area (Å²) in [4.78, 5) is 5.48. The minimum absolute atomic E-state index is 0.354. The lowest BCUT2D eigenvalue weighted by Crippen LogP contribution is -2.33. The molecule has 0 aromatic heterocycles. The van der Waals surface area contributed by atoms with E-state index in [1.807, 2.05) is 0 Å². The maximum Gasteiger partial charge on any atom is 0.0759 e. The van der Waals surface area contributed by atoms with Crippen molar-refractivity contribution >= 4 is 0 Å². The van der Waals surface area contributed by atoms with Crippen molar-refractivity contribution in [3.05, 3.63) is 0 Å². The maximum absolute atomic E-state index is 5.48. The highest BCUT2D eigenvalue weighted by Crippen LogP contribution is 2.17. The van der Waals surface area contributed by atoms with Gasteiger partial charge in [-0.1, -0.05) is 26.2 Å². The summed E-state index contributed by atoms with van der Waals surface area (Å²) >= 11 is 0. The van der Waals surface area contributed by atoms with Crippen LogP contribution < -0.4 is 5.48 Å². The largest absolute Gasteiger partial charge is 0.299 e. The van der Waals surface area contributed by atoms with Gasteiger partial charge in [-0.3, -0.25) is 4.84 Å². The normalized spacial score (nSPS) is 22.5. The van der Waals surface area contributed by atoms with E-state index >= 15 is 0 Å². The van der Waals surface area contributed by atoms with Crippen LogP contribution in [0, 0.1) is 0 Å². The summed E-state index contributed by atoms with van der Waals surface area (Å²) in [7, 11) is 0. The summed E-state index contributed by atoms with van der Waals surface area (Å²) < 4.78 is 0. The molecule has 1 aliphatic rings. The number of rotatable bonds is 4. The highest BCUT2D eigenvalue weighted by atomic mass is 16.7. The van der Waals surface area contributed by atoms with Crippen molar-refractivity contribution < 1.29 is 4.84 Å². The first kappa shape index (κ1) is 10.0. The summed E-state index contributed by atoms with van der Waals surface area (Å²) in [6.07, 6.45) is 8.14. The number of hydrogen-bond donors (Lipinski definition) is 1. The smallest absolute Gasteiger partial charge is 0.0759 e. The van der Waals surface area contributed by atoms with Crippen LogP contribution in [0.4, 0.5) is 0 Å². The second-order valence-electron chi connectivity index (χ2n) is 3.79. The van der Waals surface area contributed by atoms with Gasteiger partial charge in [0.2, 0.25) is 0 Å². The standard InChI is InChI=1S/C10H21NO/c1-3-9(2)12-11-10-7-5-4-6-8-10/h9-11H,3-8H2,1-2H3. The van der Waals surface area contributed by atoms with E-state index in [1.54, 1.807) is 0 Å². The van der Waals surface area contributed by atoms with Crippen LogP contribution in [-0.4, -0.2) is 12.1 Å². The van der Waals surface area contributed by atoms with Gasteiger partial charge in [-0.2, -0.15) is 5.48 Å². The van der Waals surface area contributed by atoms with Crippen LogP contribution in [0.25, 0.3) is 0 Å².